The van der Waals surface area contributed by atoms with Gasteiger partial charge in [-0.15, -0.1) is 0 Å². The molecule has 10 nitrogen and oxygen atoms in total. The van der Waals surface area contributed by atoms with E-state index in [9.17, 15) is 24.8 Å². The zero-order valence-corrected chi connectivity index (χ0v) is 17.1. The zero-order valence-electron chi connectivity index (χ0n) is 17.1. The molecule has 10 heteroatoms. The fourth-order valence-electron chi connectivity index (χ4n) is 3.53. The van der Waals surface area contributed by atoms with E-state index in [1.54, 1.807) is 10.6 Å². The predicted molar refractivity (Wildman–Crippen MR) is 112 cm³/mol. The summed E-state index contributed by atoms with van der Waals surface area (Å²) in [6.45, 7) is 4.37. The largest absolute Gasteiger partial charge is 0.388 e. The molecule has 30 heavy (non-hydrogen) atoms. The van der Waals surface area contributed by atoms with E-state index >= 15 is 0 Å². The van der Waals surface area contributed by atoms with Crippen molar-refractivity contribution in [3.05, 3.63) is 66.6 Å². The second-order valence-electron chi connectivity index (χ2n) is 7.12. The number of hydrogen-bond acceptors (Lipinski definition) is 6. The highest BCUT2D eigenvalue weighted by molar-refractivity contribution is 5.71. The van der Waals surface area contributed by atoms with Crippen LogP contribution in [0.5, 0.6) is 0 Å². The number of aliphatic hydroxyl groups is 1. The summed E-state index contributed by atoms with van der Waals surface area (Å²) in [5, 5.41) is 20.8. The molecular weight excluding hydrogens is 390 g/mol. The van der Waals surface area contributed by atoms with Crippen molar-refractivity contribution in [3.8, 4) is 0 Å². The molecule has 0 saturated heterocycles. The number of aryl methyl sites for hydroxylation is 2. The van der Waals surface area contributed by atoms with Crippen molar-refractivity contribution in [1.29, 1.82) is 0 Å². The zero-order chi connectivity index (χ0) is 21.8. The molecule has 160 valence electrons. The van der Waals surface area contributed by atoms with Crippen LogP contribution in [0.15, 0.2) is 33.9 Å². The molecule has 0 spiro atoms. The van der Waals surface area contributed by atoms with Crippen LogP contribution >= 0.6 is 0 Å². The number of benzene rings is 1. The molecule has 0 fully saturated rings. The molecule has 0 amide bonds. The molecule has 0 aliphatic carbocycles. The molecule has 3 aromatic rings. The maximum atomic E-state index is 13.3. The van der Waals surface area contributed by atoms with E-state index in [4.69, 9.17) is 0 Å². The summed E-state index contributed by atoms with van der Waals surface area (Å²) in [6, 6.07) is 5.88. The summed E-state index contributed by atoms with van der Waals surface area (Å²) in [4.78, 5) is 41.4. The highest BCUT2D eigenvalue weighted by atomic mass is 16.6. The first-order valence-electron chi connectivity index (χ1n) is 9.99. The fourth-order valence-corrected chi connectivity index (χ4v) is 3.53. The quantitative estimate of drug-likeness (QED) is 0.421. The first-order chi connectivity index (χ1) is 14.4. The number of nitro groups is 1. The molecule has 0 unspecified atom stereocenters. The number of hydrogen-bond donors (Lipinski definition) is 1. The van der Waals surface area contributed by atoms with Gasteiger partial charge in [0.2, 0.25) is 0 Å². The van der Waals surface area contributed by atoms with E-state index in [0.717, 1.165) is 23.8 Å². The van der Waals surface area contributed by atoms with Gasteiger partial charge in [0.1, 0.15) is 12.4 Å². The van der Waals surface area contributed by atoms with Gasteiger partial charge < -0.3 is 9.67 Å². The minimum absolute atomic E-state index is 0.0901. The number of imidazole rings is 1. The Kier molecular flexibility index (Phi) is 6.46. The highest BCUT2D eigenvalue weighted by Gasteiger charge is 2.21. The van der Waals surface area contributed by atoms with Gasteiger partial charge in [-0.1, -0.05) is 32.4 Å². The molecule has 3 rings (SSSR count). The second kappa shape index (κ2) is 9.04. The van der Waals surface area contributed by atoms with Gasteiger partial charge in [0.05, 0.1) is 11.5 Å². The van der Waals surface area contributed by atoms with E-state index in [-0.39, 0.29) is 30.0 Å². The standard InChI is InChI=1S/C20H25N5O5/c1-3-5-10-23-18-17(22(9-4-2)16(13-26)21-18)19(27)24(20(23)28)12-14-7-6-8-15(11-14)25(29)30/h6-8,11,26H,3-5,9-10,12-13H2,1-2H3. The lowest BCUT2D eigenvalue weighted by atomic mass is 10.2. The maximum absolute atomic E-state index is 13.3. The van der Waals surface area contributed by atoms with Crippen molar-refractivity contribution in [2.75, 3.05) is 0 Å². The molecule has 2 aromatic heterocycles. The van der Waals surface area contributed by atoms with Gasteiger partial charge in [0, 0.05) is 25.2 Å². The molecule has 0 radical (unpaired) electrons. The summed E-state index contributed by atoms with van der Waals surface area (Å²) in [7, 11) is 0. The lowest BCUT2D eigenvalue weighted by Gasteiger charge is -2.12. The number of unbranched alkanes of at least 4 members (excludes halogenated alkanes) is 1. The minimum Gasteiger partial charge on any atom is -0.388 e. The van der Waals surface area contributed by atoms with Crippen molar-refractivity contribution in [2.24, 2.45) is 0 Å². The van der Waals surface area contributed by atoms with Crippen LogP contribution in [0.4, 0.5) is 5.69 Å². The molecule has 1 aromatic carbocycles. The number of aliphatic hydroxyl groups excluding tert-OH is 1. The van der Waals surface area contributed by atoms with Gasteiger partial charge >= 0.3 is 5.69 Å². The maximum Gasteiger partial charge on any atom is 0.333 e. The Bertz CT molecular complexity index is 1190. The molecule has 0 aliphatic heterocycles. The Morgan fingerprint density at radius 2 is 1.87 bits per heavy atom. The lowest BCUT2D eigenvalue weighted by molar-refractivity contribution is -0.384. The monoisotopic (exact) mass is 415 g/mol. The van der Waals surface area contributed by atoms with Crippen molar-refractivity contribution in [3.63, 3.8) is 0 Å². The average Bonchev–Trinajstić information content (AvgIpc) is 3.10. The molecule has 2 heterocycles. The second-order valence-corrected chi connectivity index (χ2v) is 7.12. The summed E-state index contributed by atoms with van der Waals surface area (Å²) >= 11 is 0. The first-order valence-corrected chi connectivity index (χ1v) is 9.99. The molecule has 0 saturated carbocycles. The number of nitrogens with zero attached hydrogens (tertiary/aromatic N) is 5. The van der Waals surface area contributed by atoms with E-state index in [1.165, 1.54) is 22.8 Å². The van der Waals surface area contributed by atoms with Crippen LogP contribution in [-0.4, -0.2) is 28.7 Å². The predicted octanol–water partition coefficient (Wildman–Crippen LogP) is 2.02. The van der Waals surface area contributed by atoms with Gasteiger partial charge in [-0.3, -0.25) is 24.0 Å². The summed E-state index contributed by atoms with van der Waals surface area (Å²) in [5.41, 5.74) is -0.124. The number of non-ortho nitro benzene ring substituents is 1. The Morgan fingerprint density at radius 3 is 2.50 bits per heavy atom. The van der Waals surface area contributed by atoms with Gasteiger partial charge in [0.15, 0.2) is 11.2 Å². The van der Waals surface area contributed by atoms with E-state index in [1.807, 2.05) is 13.8 Å². The third-order valence-electron chi connectivity index (χ3n) is 4.98. The van der Waals surface area contributed by atoms with E-state index < -0.39 is 16.2 Å². The number of rotatable bonds is 9. The van der Waals surface area contributed by atoms with Crippen LogP contribution in [0.3, 0.4) is 0 Å². The minimum atomic E-state index is -0.519. The summed E-state index contributed by atoms with van der Waals surface area (Å²) in [5.74, 6) is 0.335. The van der Waals surface area contributed by atoms with Gasteiger partial charge in [0.25, 0.3) is 11.2 Å². The van der Waals surface area contributed by atoms with Crippen LogP contribution in [0.25, 0.3) is 11.2 Å². The van der Waals surface area contributed by atoms with Crippen molar-refractivity contribution < 1.29 is 10.0 Å². The Labute approximate surface area is 172 Å². The summed E-state index contributed by atoms with van der Waals surface area (Å²) < 4.78 is 4.21. The topological polar surface area (TPSA) is 125 Å². The van der Waals surface area contributed by atoms with E-state index in [2.05, 4.69) is 4.98 Å². The molecule has 0 atom stereocenters. The third kappa shape index (κ3) is 3.90. The molecule has 0 aliphatic rings. The molecule has 0 bridgehead atoms. The fraction of sp³-hybridized carbons (Fsp3) is 0.450. The van der Waals surface area contributed by atoms with Crippen molar-refractivity contribution in [2.45, 2.75) is 59.4 Å². The van der Waals surface area contributed by atoms with Gasteiger partial charge in [-0.2, -0.15) is 0 Å². The Hall–Kier alpha value is -3.27. The van der Waals surface area contributed by atoms with Gasteiger partial charge in [-0.25, -0.2) is 9.78 Å². The number of fused-ring (bicyclic) bond motifs is 1. The van der Waals surface area contributed by atoms with Crippen LogP contribution in [-0.2, 0) is 26.2 Å². The average molecular weight is 415 g/mol. The number of aromatic nitrogens is 4. The third-order valence-corrected chi connectivity index (χ3v) is 4.98. The van der Waals surface area contributed by atoms with Crippen molar-refractivity contribution in [1.82, 2.24) is 18.7 Å². The van der Waals surface area contributed by atoms with Crippen LogP contribution in [0, 0.1) is 10.1 Å². The normalized spacial score (nSPS) is 11.3. The summed E-state index contributed by atoms with van der Waals surface area (Å²) in [6.07, 6.45) is 2.29. The van der Waals surface area contributed by atoms with E-state index in [0.29, 0.717) is 24.5 Å². The number of nitro benzene ring substituents is 1. The smallest absolute Gasteiger partial charge is 0.333 e. The Balaban J connectivity index is 2.26. The van der Waals surface area contributed by atoms with Crippen LogP contribution in [0.2, 0.25) is 0 Å². The van der Waals surface area contributed by atoms with Gasteiger partial charge in [-0.05, 0) is 18.4 Å². The molecular formula is C20H25N5O5. The SMILES string of the molecule is CCCCn1c(=O)n(Cc2cccc([N+](=O)[O-])c2)c(=O)c2c1nc(CO)n2CCC. The van der Waals surface area contributed by atoms with Crippen LogP contribution < -0.4 is 11.2 Å². The first kappa shape index (κ1) is 21.4. The van der Waals surface area contributed by atoms with Crippen LogP contribution in [0.1, 0.15) is 44.5 Å². The lowest BCUT2D eigenvalue weighted by Crippen LogP contribution is -2.41. The highest BCUT2D eigenvalue weighted by Crippen LogP contribution is 2.16. The molecule has 1 N–H and O–H groups in total. The van der Waals surface area contributed by atoms with Crippen molar-refractivity contribution >= 4 is 16.9 Å². The Morgan fingerprint density at radius 1 is 1.10 bits per heavy atom.